The second-order valence-corrected chi connectivity index (χ2v) is 4.94. The number of halogens is 1. The number of nitrogens with zero attached hydrogens (tertiary/aromatic N) is 3. The Labute approximate surface area is 125 Å². The molecule has 2 rings (SSSR count). The highest BCUT2D eigenvalue weighted by Crippen LogP contribution is 2.09. The Kier molecular flexibility index (Phi) is 5.69. The van der Waals surface area contributed by atoms with Gasteiger partial charge in [0.1, 0.15) is 0 Å². The van der Waals surface area contributed by atoms with Gasteiger partial charge in [-0.05, 0) is 28.1 Å². The molecule has 0 saturated carbocycles. The van der Waals surface area contributed by atoms with Crippen LogP contribution in [-0.2, 0) is 11.3 Å². The number of pyridine rings is 1. The van der Waals surface area contributed by atoms with Gasteiger partial charge in [-0.15, -0.1) is 0 Å². The quantitative estimate of drug-likeness (QED) is 0.776. The van der Waals surface area contributed by atoms with Crippen molar-refractivity contribution < 1.29 is 9.53 Å². The summed E-state index contributed by atoms with van der Waals surface area (Å²) in [5, 5.41) is 6.84. The van der Waals surface area contributed by atoms with Crippen molar-refractivity contribution in [2.45, 2.75) is 6.54 Å². The van der Waals surface area contributed by atoms with E-state index in [-0.39, 0.29) is 5.91 Å². The molecule has 7 heteroatoms. The molecule has 106 valence electrons. The van der Waals surface area contributed by atoms with Crippen LogP contribution in [-0.4, -0.2) is 40.4 Å². The highest BCUT2D eigenvalue weighted by Gasteiger charge is 2.05. The first-order valence-electron chi connectivity index (χ1n) is 6.19. The standard InChI is InChI=1S/C13H15BrN4O2/c14-12-8-11(9-15-10-12)13(19)16-3-6-20-7-5-18-4-1-2-17-18/h1-2,4,8-10H,3,5-7H2,(H,16,19). The molecule has 1 amide bonds. The maximum atomic E-state index is 11.8. The van der Waals surface area contributed by atoms with Crippen LogP contribution in [0.1, 0.15) is 10.4 Å². The smallest absolute Gasteiger partial charge is 0.252 e. The highest BCUT2D eigenvalue weighted by atomic mass is 79.9. The third kappa shape index (κ3) is 4.75. The average molecular weight is 339 g/mol. The molecule has 1 N–H and O–H groups in total. The van der Waals surface area contributed by atoms with Gasteiger partial charge in [0, 0.05) is 35.8 Å². The molecule has 0 unspecified atom stereocenters. The number of amides is 1. The highest BCUT2D eigenvalue weighted by molar-refractivity contribution is 9.10. The molecule has 0 aliphatic rings. The lowest BCUT2D eigenvalue weighted by Gasteiger charge is -2.06. The van der Waals surface area contributed by atoms with E-state index in [0.29, 0.717) is 31.9 Å². The fourth-order valence-corrected chi connectivity index (χ4v) is 1.93. The average Bonchev–Trinajstić information content (AvgIpc) is 2.95. The maximum absolute atomic E-state index is 11.8. The van der Waals surface area contributed by atoms with Gasteiger partial charge >= 0.3 is 0 Å². The molecule has 0 radical (unpaired) electrons. The zero-order valence-electron chi connectivity index (χ0n) is 10.8. The van der Waals surface area contributed by atoms with Gasteiger partial charge in [0.25, 0.3) is 5.91 Å². The molecule has 0 aliphatic heterocycles. The van der Waals surface area contributed by atoms with Gasteiger partial charge in [0.15, 0.2) is 0 Å². The van der Waals surface area contributed by atoms with Crippen LogP contribution in [0, 0.1) is 0 Å². The topological polar surface area (TPSA) is 69.0 Å². The largest absolute Gasteiger partial charge is 0.378 e. The Morgan fingerprint density at radius 2 is 2.30 bits per heavy atom. The lowest BCUT2D eigenvalue weighted by molar-refractivity contribution is 0.0905. The molecular formula is C13H15BrN4O2. The van der Waals surface area contributed by atoms with Gasteiger partial charge in [0.2, 0.25) is 0 Å². The molecule has 2 aromatic rings. The molecule has 0 aliphatic carbocycles. The second-order valence-electron chi connectivity index (χ2n) is 4.03. The van der Waals surface area contributed by atoms with Crippen molar-refractivity contribution in [1.82, 2.24) is 20.1 Å². The van der Waals surface area contributed by atoms with E-state index in [1.807, 2.05) is 12.3 Å². The number of rotatable bonds is 7. The molecule has 0 fully saturated rings. The van der Waals surface area contributed by atoms with E-state index in [1.165, 1.54) is 6.20 Å². The van der Waals surface area contributed by atoms with Crippen LogP contribution >= 0.6 is 15.9 Å². The van der Waals surface area contributed by atoms with Crippen molar-refractivity contribution in [3.8, 4) is 0 Å². The van der Waals surface area contributed by atoms with E-state index in [9.17, 15) is 4.79 Å². The summed E-state index contributed by atoms with van der Waals surface area (Å²) in [7, 11) is 0. The van der Waals surface area contributed by atoms with E-state index in [1.54, 1.807) is 23.1 Å². The summed E-state index contributed by atoms with van der Waals surface area (Å²) in [5.41, 5.74) is 0.524. The van der Waals surface area contributed by atoms with E-state index in [4.69, 9.17) is 4.74 Å². The first kappa shape index (κ1) is 14.7. The summed E-state index contributed by atoms with van der Waals surface area (Å²) in [5.74, 6) is -0.158. The summed E-state index contributed by atoms with van der Waals surface area (Å²) >= 11 is 3.28. The van der Waals surface area contributed by atoms with Crippen molar-refractivity contribution in [3.63, 3.8) is 0 Å². The fraction of sp³-hybridized carbons (Fsp3) is 0.308. The Morgan fingerprint density at radius 3 is 3.05 bits per heavy atom. The molecule has 20 heavy (non-hydrogen) atoms. The minimum absolute atomic E-state index is 0.158. The first-order valence-corrected chi connectivity index (χ1v) is 6.99. The summed E-state index contributed by atoms with van der Waals surface area (Å²) in [6, 6.07) is 3.59. The Morgan fingerprint density at radius 1 is 1.40 bits per heavy atom. The van der Waals surface area contributed by atoms with Crippen molar-refractivity contribution in [2.75, 3.05) is 19.8 Å². The normalized spacial score (nSPS) is 10.4. The molecule has 2 aromatic heterocycles. The predicted octanol–water partition coefficient (Wildman–Crippen LogP) is 1.49. The number of carbonyl (C=O) groups is 1. The first-order chi connectivity index (χ1) is 9.75. The molecule has 6 nitrogen and oxygen atoms in total. The Hall–Kier alpha value is -1.73. The predicted molar refractivity (Wildman–Crippen MR) is 77.3 cm³/mol. The lowest BCUT2D eigenvalue weighted by atomic mass is 10.3. The van der Waals surface area contributed by atoms with Crippen LogP contribution in [0.3, 0.4) is 0 Å². The zero-order valence-corrected chi connectivity index (χ0v) is 12.4. The van der Waals surface area contributed by atoms with Gasteiger partial charge in [-0.3, -0.25) is 14.5 Å². The van der Waals surface area contributed by atoms with Gasteiger partial charge < -0.3 is 10.1 Å². The van der Waals surface area contributed by atoms with Crippen LogP contribution in [0.15, 0.2) is 41.4 Å². The van der Waals surface area contributed by atoms with E-state index in [2.05, 4.69) is 31.3 Å². The SMILES string of the molecule is O=C(NCCOCCn1cccn1)c1cncc(Br)c1. The van der Waals surface area contributed by atoms with Crippen molar-refractivity contribution in [1.29, 1.82) is 0 Å². The third-order valence-electron chi connectivity index (χ3n) is 2.52. The van der Waals surface area contributed by atoms with Gasteiger partial charge in [-0.2, -0.15) is 5.10 Å². The molecule has 0 saturated heterocycles. The summed E-state index contributed by atoms with van der Waals surface area (Å²) < 4.78 is 7.99. The van der Waals surface area contributed by atoms with Gasteiger partial charge in [-0.25, -0.2) is 0 Å². The number of ether oxygens (including phenoxy) is 1. The Bertz CT molecular complexity index is 545. The number of hydrogen-bond donors (Lipinski definition) is 1. The van der Waals surface area contributed by atoms with Crippen LogP contribution in [0.2, 0.25) is 0 Å². The van der Waals surface area contributed by atoms with E-state index in [0.717, 1.165) is 4.47 Å². The van der Waals surface area contributed by atoms with Gasteiger partial charge in [-0.1, -0.05) is 0 Å². The fourth-order valence-electron chi connectivity index (χ4n) is 1.57. The molecule has 0 aromatic carbocycles. The van der Waals surface area contributed by atoms with Crippen LogP contribution in [0.5, 0.6) is 0 Å². The second kappa shape index (κ2) is 7.76. The third-order valence-corrected chi connectivity index (χ3v) is 2.96. The molecule has 0 bridgehead atoms. The summed E-state index contributed by atoms with van der Waals surface area (Å²) in [6.45, 7) is 2.20. The van der Waals surface area contributed by atoms with Crippen molar-refractivity contribution >= 4 is 21.8 Å². The van der Waals surface area contributed by atoms with E-state index >= 15 is 0 Å². The van der Waals surface area contributed by atoms with E-state index < -0.39 is 0 Å². The van der Waals surface area contributed by atoms with Crippen molar-refractivity contribution in [3.05, 3.63) is 47.0 Å². The van der Waals surface area contributed by atoms with Crippen LogP contribution in [0.25, 0.3) is 0 Å². The number of nitrogens with one attached hydrogen (secondary N) is 1. The molecule has 2 heterocycles. The molecule has 0 atom stereocenters. The monoisotopic (exact) mass is 338 g/mol. The number of carbonyl (C=O) groups excluding carboxylic acids is 1. The minimum Gasteiger partial charge on any atom is -0.378 e. The molecular weight excluding hydrogens is 324 g/mol. The van der Waals surface area contributed by atoms with Crippen molar-refractivity contribution in [2.24, 2.45) is 0 Å². The van der Waals surface area contributed by atoms with Crippen LogP contribution < -0.4 is 5.32 Å². The number of aromatic nitrogens is 3. The molecule has 0 spiro atoms. The van der Waals surface area contributed by atoms with Crippen LogP contribution in [0.4, 0.5) is 0 Å². The number of hydrogen-bond acceptors (Lipinski definition) is 4. The minimum atomic E-state index is -0.158. The summed E-state index contributed by atoms with van der Waals surface area (Å²) in [4.78, 5) is 15.7. The van der Waals surface area contributed by atoms with Gasteiger partial charge in [0.05, 0.1) is 25.3 Å². The maximum Gasteiger partial charge on any atom is 0.252 e. The zero-order chi connectivity index (χ0) is 14.2. The summed E-state index contributed by atoms with van der Waals surface area (Å²) in [6.07, 6.45) is 6.77. The Balaban J connectivity index is 1.60. The lowest BCUT2D eigenvalue weighted by Crippen LogP contribution is -2.27.